The Bertz CT molecular complexity index is 871. The molecular weight excluding hydrogens is 320 g/mol. The number of nitrogens with zero attached hydrogens (tertiary/aromatic N) is 3. The molecule has 124 valence electrons. The fraction of sp³-hybridized carbons (Fsp3) is 0.357. The van der Waals surface area contributed by atoms with E-state index < -0.39 is 20.6 Å². The number of anilines is 1. The van der Waals surface area contributed by atoms with E-state index in [9.17, 15) is 18.5 Å². The Morgan fingerprint density at radius 3 is 2.52 bits per heavy atom. The molecule has 0 aliphatic heterocycles. The highest BCUT2D eigenvalue weighted by Gasteiger charge is 2.29. The predicted octanol–water partition coefficient (Wildman–Crippen LogP) is 2.31. The molecule has 0 saturated heterocycles. The number of rotatable bonds is 5. The van der Waals surface area contributed by atoms with E-state index in [4.69, 9.17) is 0 Å². The molecular formula is C14H18N4O4S. The monoisotopic (exact) mass is 338 g/mol. The van der Waals surface area contributed by atoms with Gasteiger partial charge in [-0.25, -0.2) is 8.42 Å². The van der Waals surface area contributed by atoms with E-state index in [0.717, 1.165) is 5.69 Å². The van der Waals surface area contributed by atoms with Gasteiger partial charge in [0.1, 0.15) is 5.82 Å². The summed E-state index contributed by atoms with van der Waals surface area (Å²) in [5, 5.41) is 15.4. The standard InChI is InChI=1S/C14H18N4O4S/c1-5-11-8-13(17(4)15-11)16-23(21,22)14-10(3)9(2)6-7-12(14)18(19)20/h6-8,16H,5H2,1-4H3. The van der Waals surface area contributed by atoms with Crippen molar-refractivity contribution >= 4 is 21.5 Å². The van der Waals surface area contributed by atoms with Crippen LogP contribution in [0.25, 0.3) is 0 Å². The van der Waals surface area contributed by atoms with Crippen LogP contribution in [0.4, 0.5) is 11.5 Å². The molecule has 1 aromatic carbocycles. The van der Waals surface area contributed by atoms with Crippen molar-refractivity contribution in [2.75, 3.05) is 4.72 Å². The Morgan fingerprint density at radius 1 is 1.35 bits per heavy atom. The second-order valence-corrected chi connectivity index (χ2v) is 6.84. The van der Waals surface area contributed by atoms with Crippen molar-refractivity contribution in [3.63, 3.8) is 0 Å². The smallest absolute Gasteiger partial charge is 0.263 e. The number of hydrogen-bond donors (Lipinski definition) is 1. The van der Waals surface area contributed by atoms with Crippen molar-refractivity contribution in [2.24, 2.45) is 7.05 Å². The minimum absolute atomic E-state index is 0.261. The van der Waals surface area contributed by atoms with Crippen LogP contribution in [-0.4, -0.2) is 23.1 Å². The second-order valence-electron chi connectivity index (χ2n) is 5.22. The van der Waals surface area contributed by atoms with E-state index in [1.807, 2.05) is 6.92 Å². The van der Waals surface area contributed by atoms with Gasteiger partial charge < -0.3 is 0 Å². The molecule has 2 rings (SSSR count). The molecule has 0 aliphatic rings. The van der Waals surface area contributed by atoms with Gasteiger partial charge in [-0.15, -0.1) is 0 Å². The molecule has 8 nitrogen and oxygen atoms in total. The quantitative estimate of drug-likeness (QED) is 0.665. The highest BCUT2D eigenvalue weighted by Crippen LogP contribution is 2.30. The Hall–Kier alpha value is -2.42. The third kappa shape index (κ3) is 3.19. The van der Waals surface area contributed by atoms with Gasteiger partial charge in [0.15, 0.2) is 4.90 Å². The number of sulfonamides is 1. The topological polar surface area (TPSA) is 107 Å². The van der Waals surface area contributed by atoms with Crippen LogP contribution in [0.3, 0.4) is 0 Å². The Morgan fingerprint density at radius 2 is 2.00 bits per heavy atom. The SMILES string of the molecule is CCc1cc(NS(=O)(=O)c2c([N+](=O)[O-])ccc(C)c2C)n(C)n1. The maximum Gasteiger partial charge on any atom is 0.290 e. The first-order valence-electron chi connectivity index (χ1n) is 6.97. The van der Waals surface area contributed by atoms with Crippen LogP contribution in [0.5, 0.6) is 0 Å². The first-order valence-corrected chi connectivity index (χ1v) is 8.46. The van der Waals surface area contributed by atoms with Crippen molar-refractivity contribution in [3.8, 4) is 0 Å². The molecule has 0 spiro atoms. The lowest BCUT2D eigenvalue weighted by atomic mass is 10.1. The zero-order valence-electron chi connectivity index (χ0n) is 13.3. The molecule has 0 bridgehead atoms. The Labute approximate surface area is 134 Å². The second kappa shape index (κ2) is 5.99. The molecule has 2 aromatic rings. The summed E-state index contributed by atoms with van der Waals surface area (Å²) in [6.07, 6.45) is 0.652. The molecule has 0 radical (unpaired) electrons. The summed E-state index contributed by atoms with van der Waals surface area (Å²) in [5.74, 6) is 0.261. The van der Waals surface area contributed by atoms with Gasteiger partial charge in [0, 0.05) is 19.2 Å². The number of aryl methyl sites for hydroxylation is 3. The number of nitro groups is 1. The third-order valence-corrected chi connectivity index (χ3v) is 5.18. The molecule has 1 N–H and O–H groups in total. The van der Waals surface area contributed by atoms with Crippen molar-refractivity contribution in [3.05, 3.63) is 45.1 Å². The van der Waals surface area contributed by atoms with E-state index >= 15 is 0 Å². The fourth-order valence-electron chi connectivity index (χ4n) is 2.24. The van der Waals surface area contributed by atoms with Gasteiger partial charge in [-0.3, -0.25) is 19.5 Å². The zero-order valence-corrected chi connectivity index (χ0v) is 14.1. The van der Waals surface area contributed by atoms with Crippen LogP contribution >= 0.6 is 0 Å². The van der Waals surface area contributed by atoms with Crippen molar-refractivity contribution in [1.82, 2.24) is 9.78 Å². The van der Waals surface area contributed by atoms with Gasteiger partial charge in [-0.05, 0) is 31.4 Å². The first-order chi connectivity index (χ1) is 10.7. The average Bonchev–Trinajstić information content (AvgIpc) is 2.81. The summed E-state index contributed by atoms with van der Waals surface area (Å²) in [7, 11) is -2.51. The molecule has 1 heterocycles. The lowest BCUT2D eigenvalue weighted by Crippen LogP contribution is -2.18. The molecule has 0 fully saturated rings. The van der Waals surface area contributed by atoms with Crippen molar-refractivity contribution < 1.29 is 13.3 Å². The largest absolute Gasteiger partial charge is 0.290 e. The highest BCUT2D eigenvalue weighted by molar-refractivity contribution is 7.93. The van der Waals surface area contributed by atoms with Gasteiger partial charge in [0.25, 0.3) is 15.7 Å². The van der Waals surface area contributed by atoms with E-state index in [1.54, 1.807) is 27.0 Å². The molecule has 0 saturated carbocycles. The van der Waals surface area contributed by atoms with Crippen molar-refractivity contribution in [1.29, 1.82) is 0 Å². The van der Waals surface area contributed by atoms with Gasteiger partial charge in [-0.1, -0.05) is 13.0 Å². The molecule has 0 amide bonds. The van der Waals surface area contributed by atoms with E-state index in [0.29, 0.717) is 17.5 Å². The minimum Gasteiger partial charge on any atom is -0.263 e. The highest BCUT2D eigenvalue weighted by atomic mass is 32.2. The van der Waals surface area contributed by atoms with Gasteiger partial charge in [0.05, 0.1) is 10.6 Å². The number of hydrogen-bond acceptors (Lipinski definition) is 5. The number of nitrogens with one attached hydrogen (secondary N) is 1. The average molecular weight is 338 g/mol. The maximum absolute atomic E-state index is 12.7. The lowest BCUT2D eigenvalue weighted by molar-refractivity contribution is -0.387. The van der Waals surface area contributed by atoms with Gasteiger partial charge in [-0.2, -0.15) is 5.10 Å². The summed E-state index contributed by atoms with van der Waals surface area (Å²) in [4.78, 5) is 10.2. The maximum atomic E-state index is 12.7. The van der Waals surface area contributed by atoms with Crippen LogP contribution in [0, 0.1) is 24.0 Å². The molecule has 0 unspecified atom stereocenters. The normalized spacial score (nSPS) is 11.5. The van der Waals surface area contributed by atoms with Crippen molar-refractivity contribution in [2.45, 2.75) is 32.1 Å². The summed E-state index contributed by atoms with van der Waals surface area (Å²) in [5.41, 5.74) is 1.29. The van der Waals surface area contributed by atoms with E-state index in [2.05, 4.69) is 9.82 Å². The molecule has 0 atom stereocenters. The summed E-state index contributed by atoms with van der Waals surface area (Å²) in [6.45, 7) is 5.16. The van der Waals surface area contributed by atoms with Gasteiger partial charge in [0.2, 0.25) is 0 Å². The first kappa shape index (κ1) is 16.9. The van der Waals surface area contributed by atoms with Crippen LogP contribution in [0.15, 0.2) is 23.1 Å². The molecule has 1 aromatic heterocycles. The third-order valence-electron chi connectivity index (χ3n) is 3.65. The van der Waals surface area contributed by atoms with Crippen LogP contribution in [0.1, 0.15) is 23.7 Å². The summed E-state index contributed by atoms with van der Waals surface area (Å²) >= 11 is 0. The fourth-order valence-corrected chi connectivity index (χ4v) is 3.79. The number of nitro benzene ring substituents is 1. The molecule has 0 aliphatic carbocycles. The predicted molar refractivity (Wildman–Crippen MR) is 86.0 cm³/mol. The summed E-state index contributed by atoms with van der Waals surface area (Å²) in [6, 6.07) is 4.35. The summed E-state index contributed by atoms with van der Waals surface area (Å²) < 4.78 is 29.2. The van der Waals surface area contributed by atoms with Gasteiger partial charge >= 0.3 is 0 Å². The lowest BCUT2D eigenvalue weighted by Gasteiger charge is -2.12. The van der Waals surface area contributed by atoms with Crippen LogP contribution in [0.2, 0.25) is 0 Å². The molecule has 23 heavy (non-hydrogen) atoms. The Kier molecular flexibility index (Phi) is 4.42. The van der Waals surface area contributed by atoms with E-state index in [1.165, 1.54) is 16.8 Å². The van der Waals surface area contributed by atoms with Crippen LogP contribution < -0.4 is 4.72 Å². The van der Waals surface area contributed by atoms with E-state index in [-0.39, 0.29) is 10.7 Å². The Balaban J connectivity index is 2.57. The zero-order chi connectivity index (χ0) is 17.4. The minimum atomic E-state index is -4.11. The number of benzene rings is 1. The van der Waals surface area contributed by atoms with Crippen LogP contribution in [-0.2, 0) is 23.5 Å². The number of aromatic nitrogens is 2. The molecule has 9 heteroatoms.